The van der Waals surface area contributed by atoms with Gasteiger partial charge in [-0.2, -0.15) is 0 Å². The van der Waals surface area contributed by atoms with Crippen LogP contribution < -0.4 is 0 Å². The molecule has 0 spiro atoms. The van der Waals surface area contributed by atoms with Crippen LogP contribution in [0.4, 0.5) is 0 Å². The second kappa shape index (κ2) is 4.61. The first-order valence-corrected chi connectivity index (χ1v) is 4.93. The molecule has 2 aromatic heterocycles. The van der Waals surface area contributed by atoms with Crippen LogP contribution >= 0.6 is 0 Å². The Kier molecular flexibility index (Phi) is 3.00. The third kappa shape index (κ3) is 2.11. The molecule has 16 heavy (non-hydrogen) atoms. The van der Waals surface area contributed by atoms with Crippen LogP contribution in [0.1, 0.15) is 16.1 Å². The fraction of sp³-hybridized carbons (Fsp3) is 0.167. The zero-order chi connectivity index (χ0) is 11.4. The molecule has 0 saturated carbocycles. The lowest BCUT2D eigenvalue weighted by molar-refractivity contribution is 0.0589. The predicted octanol–water partition coefficient (Wildman–Crippen LogP) is 1.72. The molecule has 0 unspecified atom stereocenters. The van der Waals surface area contributed by atoms with Gasteiger partial charge >= 0.3 is 5.97 Å². The van der Waals surface area contributed by atoms with Crippen molar-refractivity contribution < 1.29 is 9.53 Å². The van der Waals surface area contributed by atoms with Crippen molar-refractivity contribution in [2.24, 2.45) is 0 Å². The summed E-state index contributed by atoms with van der Waals surface area (Å²) in [6.07, 6.45) is 5.32. The number of ether oxygens (including phenoxy) is 1. The van der Waals surface area contributed by atoms with Crippen LogP contribution in [0.2, 0.25) is 0 Å². The van der Waals surface area contributed by atoms with E-state index in [0.29, 0.717) is 12.2 Å². The van der Waals surface area contributed by atoms with E-state index in [4.69, 9.17) is 4.74 Å². The Morgan fingerprint density at radius 3 is 2.81 bits per heavy atom. The van der Waals surface area contributed by atoms with Gasteiger partial charge in [-0.1, -0.05) is 0 Å². The van der Waals surface area contributed by atoms with E-state index >= 15 is 0 Å². The van der Waals surface area contributed by atoms with Gasteiger partial charge in [-0.25, -0.2) is 4.79 Å². The summed E-state index contributed by atoms with van der Waals surface area (Å²) >= 11 is 0. The molecule has 0 N–H and O–H groups in total. The molecule has 0 aliphatic rings. The minimum Gasteiger partial charge on any atom is -0.464 e. The van der Waals surface area contributed by atoms with Gasteiger partial charge in [-0.05, 0) is 29.8 Å². The van der Waals surface area contributed by atoms with Crippen LogP contribution in [0.15, 0.2) is 42.9 Å². The average Bonchev–Trinajstić information content (AvgIpc) is 2.77. The summed E-state index contributed by atoms with van der Waals surface area (Å²) in [5.41, 5.74) is 1.65. The number of carbonyl (C=O) groups is 1. The van der Waals surface area contributed by atoms with Crippen LogP contribution in [-0.2, 0) is 11.3 Å². The first-order chi connectivity index (χ1) is 7.81. The standard InChI is InChI=1S/C12H12N2O2/c1-16-12(15)11-3-2-8-14(11)9-10-4-6-13-7-5-10/h2-8H,9H2,1H3. The minimum absolute atomic E-state index is 0.320. The van der Waals surface area contributed by atoms with Crippen molar-refractivity contribution >= 4 is 5.97 Å². The third-order valence-electron chi connectivity index (χ3n) is 2.33. The number of pyridine rings is 1. The molecule has 2 rings (SSSR count). The zero-order valence-electron chi connectivity index (χ0n) is 8.96. The molecule has 0 aliphatic carbocycles. The van der Waals surface area contributed by atoms with Gasteiger partial charge in [0.2, 0.25) is 0 Å². The van der Waals surface area contributed by atoms with Crippen LogP contribution in [0.3, 0.4) is 0 Å². The quantitative estimate of drug-likeness (QED) is 0.734. The number of carbonyl (C=O) groups excluding carboxylic acids is 1. The van der Waals surface area contributed by atoms with Crippen molar-refractivity contribution in [1.29, 1.82) is 0 Å². The summed E-state index contributed by atoms with van der Waals surface area (Å²) in [6, 6.07) is 7.41. The summed E-state index contributed by atoms with van der Waals surface area (Å²) < 4.78 is 6.55. The summed E-state index contributed by atoms with van der Waals surface area (Å²) in [7, 11) is 1.38. The van der Waals surface area contributed by atoms with Crippen LogP contribution in [-0.4, -0.2) is 22.6 Å². The van der Waals surface area contributed by atoms with Crippen molar-refractivity contribution in [1.82, 2.24) is 9.55 Å². The third-order valence-corrected chi connectivity index (χ3v) is 2.33. The molecule has 0 aromatic carbocycles. The highest BCUT2D eigenvalue weighted by Gasteiger charge is 2.10. The van der Waals surface area contributed by atoms with Gasteiger partial charge in [0, 0.05) is 25.1 Å². The Bertz CT molecular complexity index is 477. The van der Waals surface area contributed by atoms with E-state index in [-0.39, 0.29) is 5.97 Å². The summed E-state index contributed by atoms with van der Waals surface area (Å²) in [5.74, 6) is -0.320. The maximum Gasteiger partial charge on any atom is 0.354 e. The molecule has 4 heteroatoms. The molecule has 0 fully saturated rings. The molecular formula is C12H12N2O2. The molecule has 0 aliphatic heterocycles. The van der Waals surface area contributed by atoms with Gasteiger partial charge in [-0.15, -0.1) is 0 Å². The maximum atomic E-state index is 11.4. The van der Waals surface area contributed by atoms with Gasteiger partial charge in [0.05, 0.1) is 7.11 Å². The predicted molar refractivity (Wildman–Crippen MR) is 59.1 cm³/mol. The lowest BCUT2D eigenvalue weighted by atomic mass is 10.2. The number of esters is 1. The van der Waals surface area contributed by atoms with Crippen molar-refractivity contribution in [2.45, 2.75) is 6.54 Å². The van der Waals surface area contributed by atoms with E-state index in [9.17, 15) is 4.79 Å². The minimum atomic E-state index is -0.320. The maximum absolute atomic E-state index is 11.4. The molecule has 2 aromatic rings. The summed E-state index contributed by atoms with van der Waals surface area (Å²) in [4.78, 5) is 15.4. The SMILES string of the molecule is COC(=O)c1cccn1Cc1ccncc1. The second-order valence-corrected chi connectivity index (χ2v) is 3.37. The van der Waals surface area contributed by atoms with Crippen LogP contribution in [0.5, 0.6) is 0 Å². The van der Waals surface area contributed by atoms with Crippen molar-refractivity contribution in [3.8, 4) is 0 Å². The van der Waals surface area contributed by atoms with E-state index in [1.54, 1.807) is 18.5 Å². The Balaban J connectivity index is 2.22. The molecule has 0 saturated heterocycles. The van der Waals surface area contributed by atoms with Gasteiger partial charge in [0.15, 0.2) is 0 Å². The molecule has 0 atom stereocenters. The monoisotopic (exact) mass is 216 g/mol. The number of hydrogen-bond acceptors (Lipinski definition) is 3. The van der Waals surface area contributed by atoms with E-state index in [1.807, 2.05) is 29.0 Å². The molecular weight excluding hydrogens is 204 g/mol. The Morgan fingerprint density at radius 1 is 1.38 bits per heavy atom. The second-order valence-electron chi connectivity index (χ2n) is 3.37. The van der Waals surface area contributed by atoms with Crippen LogP contribution in [0, 0.1) is 0 Å². The fourth-order valence-corrected chi connectivity index (χ4v) is 1.53. The number of nitrogens with zero attached hydrogens (tertiary/aromatic N) is 2. The molecule has 0 amide bonds. The number of hydrogen-bond donors (Lipinski definition) is 0. The normalized spacial score (nSPS) is 10.1. The van der Waals surface area contributed by atoms with Crippen molar-refractivity contribution in [2.75, 3.05) is 7.11 Å². The van der Waals surface area contributed by atoms with E-state index in [1.165, 1.54) is 7.11 Å². The van der Waals surface area contributed by atoms with E-state index in [0.717, 1.165) is 5.56 Å². The lowest BCUT2D eigenvalue weighted by Crippen LogP contribution is -2.10. The topological polar surface area (TPSA) is 44.1 Å². The Labute approximate surface area is 93.5 Å². The van der Waals surface area contributed by atoms with Crippen molar-refractivity contribution in [3.63, 3.8) is 0 Å². The average molecular weight is 216 g/mol. The Hall–Kier alpha value is -2.10. The zero-order valence-corrected chi connectivity index (χ0v) is 8.96. The molecule has 4 nitrogen and oxygen atoms in total. The number of aromatic nitrogens is 2. The molecule has 2 heterocycles. The molecule has 82 valence electrons. The van der Waals surface area contributed by atoms with Gasteiger partial charge in [-0.3, -0.25) is 4.98 Å². The Morgan fingerprint density at radius 2 is 2.12 bits per heavy atom. The highest BCUT2D eigenvalue weighted by atomic mass is 16.5. The van der Waals surface area contributed by atoms with Gasteiger partial charge in [0.25, 0.3) is 0 Å². The first kappa shape index (κ1) is 10.4. The van der Waals surface area contributed by atoms with Crippen molar-refractivity contribution in [3.05, 3.63) is 54.1 Å². The number of methoxy groups -OCH3 is 1. The lowest BCUT2D eigenvalue weighted by Gasteiger charge is -2.07. The molecule has 0 radical (unpaired) electrons. The van der Waals surface area contributed by atoms with Gasteiger partial charge < -0.3 is 9.30 Å². The van der Waals surface area contributed by atoms with E-state index < -0.39 is 0 Å². The largest absolute Gasteiger partial charge is 0.464 e. The fourth-order valence-electron chi connectivity index (χ4n) is 1.53. The molecule has 0 bridgehead atoms. The van der Waals surface area contributed by atoms with E-state index in [2.05, 4.69) is 4.98 Å². The highest BCUT2D eigenvalue weighted by Crippen LogP contribution is 2.08. The van der Waals surface area contributed by atoms with Gasteiger partial charge in [0.1, 0.15) is 5.69 Å². The van der Waals surface area contributed by atoms with Crippen LogP contribution in [0.25, 0.3) is 0 Å². The number of rotatable bonds is 3. The first-order valence-electron chi connectivity index (χ1n) is 4.93. The smallest absolute Gasteiger partial charge is 0.354 e. The summed E-state index contributed by atoms with van der Waals surface area (Å²) in [5, 5.41) is 0. The highest BCUT2D eigenvalue weighted by molar-refractivity contribution is 5.87. The summed E-state index contributed by atoms with van der Waals surface area (Å²) in [6.45, 7) is 0.639.